The van der Waals surface area contributed by atoms with Crippen LogP contribution < -0.4 is 0 Å². The molecule has 0 fully saturated rings. The fourth-order valence-corrected chi connectivity index (χ4v) is 9.74. The second-order valence-electron chi connectivity index (χ2n) is 17.2. The summed E-state index contributed by atoms with van der Waals surface area (Å²) in [6.07, 6.45) is -4.47. The number of halogens is 3. The van der Waals surface area contributed by atoms with Crippen molar-refractivity contribution >= 4 is 21.8 Å². The first kappa shape index (κ1) is 41.4. The van der Waals surface area contributed by atoms with Gasteiger partial charge >= 0.3 is 6.18 Å². The number of aryl methyl sites for hydroxylation is 6. The molecule has 0 amide bonds. The number of hydrogen-bond acceptors (Lipinski definition) is 3. The first-order chi connectivity index (χ1) is 31.3. The lowest BCUT2D eigenvalue weighted by atomic mass is 9.91. The molecule has 0 saturated heterocycles. The van der Waals surface area contributed by atoms with Crippen LogP contribution in [-0.2, 0) is 6.18 Å². The molecule has 65 heavy (non-hydrogen) atoms. The summed E-state index contributed by atoms with van der Waals surface area (Å²) in [7, 11) is 0. The lowest BCUT2D eigenvalue weighted by molar-refractivity contribution is -0.137. The molecule has 0 atom stereocenters. The van der Waals surface area contributed by atoms with Crippen LogP contribution in [-0.4, -0.2) is 19.5 Å². The molecule has 2 heterocycles. The van der Waals surface area contributed by atoms with Gasteiger partial charge in [0.1, 0.15) is 0 Å². The van der Waals surface area contributed by atoms with E-state index in [0.29, 0.717) is 23.0 Å². The number of aromatic nitrogens is 4. The van der Waals surface area contributed by atoms with Crippen molar-refractivity contribution in [2.45, 2.75) is 47.7 Å². The molecule has 0 radical (unpaired) electrons. The molecule has 10 aromatic rings. The van der Waals surface area contributed by atoms with Crippen LogP contribution in [0.15, 0.2) is 164 Å². The van der Waals surface area contributed by atoms with Crippen LogP contribution in [0.4, 0.5) is 13.2 Å². The van der Waals surface area contributed by atoms with Gasteiger partial charge in [-0.1, -0.05) is 132 Å². The van der Waals surface area contributed by atoms with Gasteiger partial charge in [-0.2, -0.15) is 13.2 Å². The Balaban J connectivity index is 1.27. The Bertz CT molecular complexity index is 3240. The lowest BCUT2D eigenvalue weighted by Crippen LogP contribution is -2.04. The van der Waals surface area contributed by atoms with Crippen LogP contribution in [0.25, 0.3) is 95.0 Å². The predicted molar refractivity (Wildman–Crippen MR) is 260 cm³/mol. The molecular formula is C58H45F3N4. The van der Waals surface area contributed by atoms with E-state index in [9.17, 15) is 13.2 Å². The quantitative estimate of drug-likeness (QED) is 0.160. The van der Waals surface area contributed by atoms with E-state index in [0.717, 1.165) is 73.0 Å². The largest absolute Gasteiger partial charge is 0.416 e. The predicted octanol–water partition coefficient (Wildman–Crippen LogP) is 15.8. The maximum Gasteiger partial charge on any atom is 0.416 e. The Labute approximate surface area is 376 Å². The van der Waals surface area contributed by atoms with Crippen molar-refractivity contribution in [2.75, 3.05) is 0 Å². The highest BCUT2D eigenvalue weighted by Gasteiger charge is 2.30. The molecular weight excluding hydrogens is 810 g/mol. The highest BCUT2D eigenvalue weighted by Crippen LogP contribution is 2.43. The first-order valence-corrected chi connectivity index (χ1v) is 21.7. The first-order valence-electron chi connectivity index (χ1n) is 21.7. The second-order valence-corrected chi connectivity index (χ2v) is 17.2. The summed E-state index contributed by atoms with van der Waals surface area (Å²) < 4.78 is 44.1. The maximum atomic E-state index is 14.0. The zero-order valence-electron chi connectivity index (χ0n) is 37.0. The minimum absolute atomic E-state index is 0.471. The fraction of sp³-hybridized carbons (Fsp3) is 0.121. The van der Waals surface area contributed by atoms with E-state index in [2.05, 4.69) is 113 Å². The molecule has 2 aromatic heterocycles. The van der Waals surface area contributed by atoms with E-state index >= 15 is 0 Å². The van der Waals surface area contributed by atoms with Crippen LogP contribution in [0.1, 0.15) is 38.9 Å². The summed E-state index contributed by atoms with van der Waals surface area (Å²) in [5, 5.41) is 2.12. The van der Waals surface area contributed by atoms with Gasteiger partial charge in [0.05, 0.1) is 22.3 Å². The second kappa shape index (κ2) is 16.2. The van der Waals surface area contributed by atoms with Gasteiger partial charge in [0.25, 0.3) is 0 Å². The standard InChI is InChI=1S/C58H45F3N4/c1-34-27-36(3)53(37(4)28-34)43-20-25-50-48(31-43)49-32-44(54-38(5)29-35(2)30-39(54)6)21-26-51(49)65(50)52-33-45(19-24-47(52)40-17-22-46(23-18-40)58(59,60)61)57-63-55(41-13-9-7-10-14-41)62-56(64-57)42-15-11-8-12-16-42/h7-33H,1-6H3. The normalized spacial score (nSPS) is 11.8. The summed E-state index contributed by atoms with van der Waals surface area (Å²) in [5.74, 6) is 1.53. The molecule has 7 heteroatoms. The third-order valence-electron chi connectivity index (χ3n) is 12.4. The molecule has 0 unspecified atom stereocenters. The average molecular weight is 855 g/mol. The Hall–Kier alpha value is -7.64. The van der Waals surface area contributed by atoms with Crippen molar-refractivity contribution in [2.24, 2.45) is 0 Å². The molecule has 0 bridgehead atoms. The van der Waals surface area contributed by atoms with Crippen molar-refractivity contribution in [3.8, 4) is 73.2 Å². The summed E-state index contributed by atoms with van der Waals surface area (Å²) in [6, 6.07) is 53.3. The molecule has 0 aliphatic rings. The zero-order valence-corrected chi connectivity index (χ0v) is 37.0. The molecule has 318 valence electrons. The number of rotatable bonds is 7. The van der Waals surface area contributed by atoms with Crippen LogP contribution in [0.3, 0.4) is 0 Å². The summed E-state index contributed by atoms with van der Waals surface area (Å²) in [5.41, 5.74) is 17.7. The number of benzene rings is 8. The van der Waals surface area contributed by atoms with Gasteiger partial charge in [-0.05, 0) is 134 Å². The average Bonchev–Trinajstić information content (AvgIpc) is 3.61. The highest BCUT2D eigenvalue weighted by molar-refractivity contribution is 6.12. The van der Waals surface area contributed by atoms with Gasteiger partial charge in [0.2, 0.25) is 0 Å². The van der Waals surface area contributed by atoms with E-state index < -0.39 is 11.7 Å². The number of fused-ring (bicyclic) bond motifs is 3. The van der Waals surface area contributed by atoms with Crippen LogP contribution in [0, 0.1) is 41.5 Å². The Kier molecular flexibility index (Phi) is 10.3. The van der Waals surface area contributed by atoms with Gasteiger partial charge in [-0.15, -0.1) is 0 Å². The van der Waals surface area contributed by atoms with E-state index in [1.807, 2.05) is 72.8 Å². The van der Waals surface area contributed by atoms with Crippen LogP contribution in [0.5, 0.6) is 0 Å². The third-order valence-corrected chi connectivity index (χ3v) is 12.4. The lowest BCUT2D eigenvalue weighted by Gasteiger charge is -2.17. The third kappa shape index (κ3) is 7.67. The minimum atomic E-state index is -4.47. The van der Waals surface area contributed by atoms with Gasteiger partial charge in [-0.25, -0.2) is 15.0 Å². The Morgan fingerprint density at radius 1 is 0.385 bits per heavy atom. The number of nitrogens with zero attached hydrogens (tertiary/aromatic N) is 4. The molecule has 0 saturated carbocycles. The smallest absolute Gasteiger partial charge is 0.309 e. The highest BCUT2D eigenvalue weighted by atomic mass is 19.4. The molecule has 0 spiro atoms. The summed E-state index contributed by atoms with van der Waals surface area (Å²) >= 11 is 0. The summed E-state index contributed by atoms with van der Waals surface area (Å²) in [6.45, 7) is 12.9. The molecule has 4 nitrogen and oxygen atoms in total. The molecule has 0 aliphatic carbocycles. The molecule has 10 rings (SSSR count). The monoisotopic (exact) mass is 854 g/mol. The zero-order chi connectivity index (χ0) is 45.1. The van der Waals surface area contributed by atoms with Crippen LogP contribution >= 0.6 is 0 Å². The van der Waals surface area contributed by atoms with E-state index in [1.54, 1.807) is 12.1 Å². The minimum Gasteiger partial charge on any atom is -0.309 e. The SMILES string of the molecule is Cc1cc(C)c(-c2ccc3c(c2)c2cc(-c4c(C)cc(C)cc4C)ccc2n3-c2cc(-c3nc(-c4ccccc4)nc(-c4ccccc4)n3)ccc2-c2ccc(C(F)(F)F)cc2)c(C)c1. The van der Waals surface area contributed by atoms with Crippen molar-refractivity contribution in [3.05, 3.63) is 203 Å². The van der Waals surface area contributed by atoms with Gasteiger partial charge < -0.3 is 4.57 Å². The van der Waals surface area contributed by atoms with Crippen molar-refractivity contribution < 1.29 is 13.2 Å². The Morgan fingerprint density at radius 3 is 1.22 bits per heavy atom. The van der Waals surface area contributed by atoms with E-state index in [-0.39, 0.29) is 0 Å². The summed E-state index contributed by atoms with van der Waals surface area (Å²) in [4.78, 5) is 15.1. The van der Waals surface area contributed by atoms with Crippen molar-refractivity contribution in [1.29, 1.82) is 0 Å². The van der Waals surface area contributed by atoms with Crippen LogP contribution in [0.2, 0.25) is 0 Å². The molecule has 8 aromatic carbocycles. The van der Waals surface area contributed by atoms with Gasteiger partial charge in [0, 0.05) is 33.0 Å². The van der Waals surface area contributed by atoms with Gasteiger partial charge in [0.15, 0.2) is 17.5 Å². The Morgan fingerprint density at radius 2 is 0.785 bits per heavy atom. The fourth-order valence-electron chi connectivity index (χ4n) is 9.74. The molecule has 0 aliphatic heterocycles. The number of alkyl halides is 3. The van der Waals surface area contributed by atoms with E-state index in [1.165, 1.54) is 44.5 Å². The number of hydrogen-bond donors (Lipinski definition) is 0. The van der Waals surface area contributed by atoms with Gasteiger partial charge in [-0.3, -0.25) is 0 Å². The molecule has 0 N–H and O–H groups in total. The van der Waals surface area contributed by atoms with E-state index in [4.69, 9.17) is 15.0 Å². The topological polar surface area (TPSA) is 43.6 Å². The van der Waals surface area contributed by atoms with Crippen molar-refractivity contribution in [1.82, 2.24) is 19.5 Å². The maximum absolute atomic E-state index is 14.0. The van der Waals surface area contributed by atoms with Crippen molar-refractivity contribution in [3.63, 3.8) is 0 Å².